The number of aliphatic hydroxyl groups is 1. The molecule has 0 radical (unpaired) electrons. The third-order valence-electron chi connectivity index (χ3n) is 5.16. The van der Waals surface area contributed by atoms with Gasteiger partial charge in [0.25, 0.3) is 0 Å². The van der Waals surface area contributed by atoms with Crippen molar-refractivity contribution < 1.29 is 9.90 Å². The number of hydrogen-bond donors (Lipinski definition) is 2. The van der Waals surface area contributed by atoms with E-state index in [2.05, 4.69) is 29.6 Å². The van der Waals surface area contributed by atoms with Crippen molar-refractivity contribution in [3.05, 3.63) is 35.4 Å². The molecular weight excluding hydrogens is 262 g/mol. The van der Waals surface area contributed by atoms with Crippen LogP contribution in [-0.4, -0.2) is 23.2 Å². The molecule has 0 bridgehead atoms. The van der Waals surface area contributed by atoms with Gasteiger partial charge in [0.15, 0.2) is 0 Å². The quantitative estimate of drug-likeness (QED) is 0.875. The molecule has 2 aliphatic carbocycles. The largest absolute Gasteiger partial charge is 0.394 e. The average Bonchev–Trinajstić information content (AvgIpc) is 3.32. The van der Waals surface area contributed by atoms with Crippen molar-refractivity contribution in [1.82, 2.24) is 5.32 Å². The summed E-state index contributed by atoms with van der Waals surface area (Å²) in [6.45, 7) is 2.00. The minimum atomic E-state index is -0.425. The second-order valence-electron chi connectivity index (χ2n) is 6.89. The van der Waals surface area contributed by atoms with Crippen molar-refractivity contribution in [3.63, 3.8) is 0 Å². The highest BCUT2D eigenvalue weighted by Gasteiger charge is 2.42. The van der Waals surface area contributed by atoms with Crippen LogP contribution in [0.5, 0.6) is 0 Å². The molecule has 3 rings (SSSR count). The van der Waals surface area contributed by atoms with Gasteiger partial charge >= 0.3 is 0 Å². The second-order valence-corrected chi connectivity index (χ2v) is 6.89. The van der Waals surface area contributed by atoms with E-state index < -0.39 is 5.54 Å². The van der Waals surface area contributed by atoms with Gasteiger partial charge in [-0.3, -0.25) is 4.79 Å². The first-order chi connectivity index (χ1) is 10.1. The third kappa shape index (κ3) is 3.13. The zero-order chi connectivity index (χ0) is 14.9. The molecule has 1 aromatic carbocycles. The van der Waals surface area contributed by atoms with Gasteiger partial charge in [-0.2, -0.15) is 0 Å². The Morgan fingerprint density at radius 2 is 2.10 bits per heavy atom. The molecule has 3 nitrogen and oxygen atoms in total. The summed E-state index contributed by atoms with van der Waals surface area (Å²) in [6.07, 6.45) is 6.15. The molecule has 0 heterocycles. The lowest BCUT2D eigenvalue weighted by Crippen LogP contribution is -2.51. The zero-order valence-electron chi connectivity index (χ0n) is 12.8. The van der Waals surface area contributed by atoms with Crippen molar-refractivity contribution >= 4 is 5.91 Å². The Hall–Kier alpha value is -1.35. The zero-order valence-corrected chi connectivity index (χ0v) is 12.8. The summed E-state index contributed by atoms with van der Waals surface area (Å²) in [5.41, 5.74) is 2.32. The number of rotatable bonds is 5. The maximum absolute atomic E-state index is 12.4. The highest BCUT2D eigenvalue weighted by Crippen LogP contribution is 2.40. The van der Waals surface area contributed by atoms with E-state index in [1.54, 1.807) is 0 Å². The predicted molar refractivity (Wildman–Crippen MR) is 83.1 cm³/mol. The molecule has 0 saturated heterocycles. The highest BCUT2D eigenvalue weighted by atomic mass is 16.3. The van der Waals surface area contributed by atoms with Gasteiger partial charge in [-0.1, -0.05) is 24.3 Å². The lowest BCUT2D eigenvalue weighted by molar-refractivity contribution is -0.124. The summed E-state index contributed by atoms with van der Waals surface area (Å²) < 4.78 is 0. The van der Waals surface area contributed by atoms with Gasteiger partial charge < -0.3 is 10.4 Å². The molecule has 1 saturated carbocycles. The van der Waals surface area contributed by atoms with Crippen LogP contribution in [0.15, 0.2) is 24.3 Å². The smallest absolute Gasteiger partial charge is 0.221 e. The van der Waals surface area contributed by atoms with Crippen LogP contribution in [0.4, 0.5) is 0 Å². The Labute approximate surface area is 126 Å². The lowest BCUT2D eigenvalue weighted by Gasteiger charge is -2.31. The van der Waals surface area contributed by atoms with Crippen LogP contribution in [0.3, 0.4) is 0 Å². The highest BCUT2D eigenvalue weighted by molar-refractivity contribution is 5.78. The van der Waals surface area contributed by atoms with Crippen molar-refractivity contribution in [2.75, 3.05) is 6.61 Å². The average molecular weight is 287 g/mol. The summed E-state index contributed by atoms with van der Waals surface area (Å²) in [6, 6.07) is 8.49. The fraction of sp³-hybridized carbons (Fsp3) is 0.611. The van der Waals surface area contributed by atoms with Crippen LogP contribution in [-0.2, 0) is 11.2 Å². The Bertz CT molecular complexity index is 524. The molecule has 2 aliphatic rings. The molecule has 114 valence electrons. The molecule has 2 unspecified atom stereocenters. The van der Waals surface area contributed by atoms with Crippen LogP contribution < -0.4 is 5.32 Å². The molecule has 1 aromatic rings. The minimum Gasteiger partial charge on any atom is -0.394 e. The molecule has 0 aromatic heterocycles. The Balaban J connectivity index is 1.66. The molecule has 1 amide bonds. The Morgan fingerprint density at radius 3 is 2.81 bits per heavy atom. The molecular formula is C18H25NO2. The molecule has 0 aliphatic heterocycles. The SMILES string of the molecule is CC(CO)(NC(=O)CC1CCCc2ccccc21)C1CC1. The first-order valence-electron chi connectivity index (χ1n) is 8.12. The molecule has 1 fully saturated rings. The standard InChI is InChI=1S/C18H25NO2/c1-18(12-20,15-9-10-15)19-17(21)11-14-7-4-6-13-5-2-3-8-16(13)14/h2-3,5,8,14-15,20H,4,6-7,9-12H2,1H3,(H,19,21). The summed E-state index contributed by atoms with van der Waals surface area (Å²) in [4.78, 5) is 12.4. The normalized spacial score (nSPS) is 24.0. The van der Waals surface area contributed by atoms with Crippen molar-refractivity contribution in [3.8, 4) is 0 Å². The minimum absolute atomic E-state index is 0.0324. The number of fused-ring (bicyclic) bond motifs is 1. The maximum atomic E-state index is 12.4. The Kier molecular flexibility index (Phi) is 4.03. The lowest BCUT2D eigenvalue weighted by atomic mass is 9.81. The van der Waals surface area contributed by atoms with Crippen LogP contribution in [0, 0.1) is 5.92 Å². The van der Waals surface area contributed by atoms with Gasteiger partial charge in [-0.15, -0.1) is 0 Å². The molecule has 21 heavy (non-hydrogen) atoms. The van der Waals surface area contributed by atoms with Crippen LogP contribution in [0.1, 0.15) is 56.1 Å². The van der Waals surface area contributed by atoms with E-state index in [0.29, 0.717) is 18.3 Å². The molecule has 0 spiro atoms. The van der Waals surface area contributed by atoms with Gasteiger partial charge in [0.05, 0.1) is 12.1 Å². The monoisotopic (exact) mass is 287 g/mol. The number of carbonyl (C=O) groups is 1. The van der Waals surface area contributed by atoms with E-state index in [9.17, 15) is 9.90 Å². The van der Waals surface area contributed by atoms with Gasteiger partial charge in [-0.05, 0) is 62.0 Å². The topological polar surface area (TPSA) is 49.3 Å². The summed E-state index contributed by atoms with van der Waals surface area (Å²) in [5, 5.41) is 12.7. The number of nitrogens with one attached hydrogen (secondary N) is 1. The summed E-state index contributed by atoms with van der Waals surface area (Å²) in [7, 11) is 0. The van der Waals surface area contributed by atoms with Gasteiger partial charge in [0.2, 0.25) is 5.91 Å². The molecule has 2 N–H and O–H groups in total. The Morgan fingerprint density at radius 1 is 1.33 bits per heavy atom. The van der Waals surface area contributed by atoms with E-state index in [4.69, 9.17) is 0 Å². The number of aryl methyl sites for hydroxylation is 1. The van der Waals surface area contributed by atoms with Crippen molar-refractivity contribution in [2.24, 2.45) is 5.92 Å². The third-order valence-corrected chi connectivity index (χ3v) is 5.16. The van der Waals surface area contributed by atoms with E-state index in [-0.39, 0.29) is 12.5 Å². The number of carbonyl (C=O) groups excluding carboxylic acids is 1. The van der Waals surface area contributed by atoms with Crippen molar-refractivity contribution in [2.45, 2.75) is 56.9 Å². The first-order valence-corrected chi connectivity index (χ1v) is 8.12. The summed E-state index contributed by atoms with van der Waals surface area (Å²) in [5.74, 6) is 0.863. The van der Waals surface area contributed by atoms with E-state index in [1.807, 2.05) is 6.92 Å². The fourth-order valence-electron chi connectivity index (χ4n) is 3.65. The van der Waals surface area contributed by atoms with E-state index in [1.165, 1.54) is 11.1 Å². The fourth-order valence-corrected chi connectivity index (χ4v) is 3.65. The van der Waals surface area contributed by atoms with E-state index in [0.717, 1.165) is 32.1 Å². The second kappa shape index (κ2) is 5.80. The molecule has 2 atom stereocenters. The van der Waals surface area contributed by atoms with E-state index >= 15 is 0 Å². The first kappa shape index (κ1) is 14.6. The number of amides is 1. The van der Waals surface area contributed by atoms with Crippen molar-refractivity contribution in [1.29, 1.82) is 0 Å². The molecule has 3 heteroatoms. The van der Waals surface area contributed by atoms with Crippen LogP contribution >= 0.6 is 0 Å². The number of aliphatic hydroxyl groups excluding tert-OH is 1. The van der Waals surface area contributed by atoms with Gasteiger partial charge in [0, 0.05) is 6.42 Å². The summed E-state index contributed by atoms with van der Waals surface area (Å²) >= 11 is 0. The van der Waals surface area contributed by atoms with Gasteiger partial charge in [0.1, 0.15) is 0 Å². The van der Waals surface area contributed by atoms with Crippen LogP contribution in [0.25, 0.3) is 0 Å². The number of hydrogen-bond acceptors (Lipinski definition) is 2. The number of benzene rings is 1. The maximum Gasteiger partial charge on any atom is 0.221 e. The predicted octanol–water partition coefficient (Wildman–Crippen LogP) is 2.77. The van der Waals surface area contributed by atoms with Gasteiger partial charge in [-0.25, -0.2) is 0 Å². The van der Waals surface area contributed by atoms with Crippen LogP contribution in [0.2, 0.25) is 0 Å².